The maximum atomic E-state index is 11.6. The van der Waals surface area contributed by atoms with E-state index in [1.165, 1.54) is 0 Å². The average Bonchev–Trinajstić information content (AvgIpc) is 2.43. The average molecular weight is 314 g/mol. The predicted molar refractivity (Wildman–Crippen MR) is 77.0 cm³/mol. The fourth-order valence-corrected chi connectivity index (χ4v) is 1.61. The fraction of sp³-hybridized carbons (Fsp3) is 0.308. The van der Waals surface area contributed by atoms with Gasteiger partial charge in [0.2, 0.25) is 5.91 Å². The quantitative estimate of drug-likeness (QED) is 0.626. The number of carboxylic acid groups (broad SMARTS) is 1. The van der Waals surface area contributed by atoms with Crippen LogP contribution in [0.3, 0.4) is 0 Å². The Morgan fingerprint density at radius 2 is 1.76 bits per heavy atom. The van der Waals surface area contributed by atoms with Crippen LogP contribution in [0.5, 0.6) is 0 Å². The first kappa shape index (κ1) is 16.8. The van der Waals surface area contributed by atoms with Gasteiger partial charge >= 0.3 is 12.0 Å². The van der Waals surface area contributed by atoms with Crippen molar-refractivity contribution in [2.75, 3.05) is 13.1 Å². The van der Waals surface area contributed by atoms with E-state index in [1.807, 2.05) is 0 Å². The smallest absolute Gasteiger partial charge is 0.322 e. The second-order valence-corrected chi connectivity index (χ2v) is 4.71. The van der Waals surface area contributed by atoms with Crippen molar-refractivity contribution in [3.8, 4) is 0 Å². The number of carbonyl (C=O) groups is 3. The minimum Gasteiger partial charge on any atom is -0.480 e. The third-order valence-corrected chi connectivity index (χ3v) is 2.82. The molecule has 1 unspecified atom stereocenters. The van der Waals surface area contributed by atoms with E-state index in [2.05, 4.69) is 16.0 Å². The molecule has 0 saturated heterocycles. The summed E-state index contributed by atoms with van der Waals surface area (Å²) in [6.07, 6.45) is 0. The molecule has 0 bridgehead atoms. The lowest BCUT2D eigenvalue weighted by Crippen LogP contribution is -2.43. The number of aliphatic carboxylic acids is 1. The molecule has 4 N–H and O–H groups in total. The van der Waals surface area contributed by atoms with Crippen LogP contribution in [0, 0.1) is 0 Å². The van der Waals surface area contributed by atoms with E-state index in [0.29, 0.717) is 5.02 Å². The van der Waals surface area contributed by atoms with Gasteiger partial charge in [0.1, 0.15) is 6.54 Å². The van der Waals surface area contributed by atoms with Crippen LogP contribution in [0.2, 0.25) is 5.02 Å². The number of amides is 3. The Balaban J connectivity index is 2.34. The normalized spacial score (nSPS) is 11.3. The Kier molecular flexibility index (Phi) is 6.48. The number of urea groups is 1. The molecule has 1 aromatic rings. The van der Waals surface area contributed by atoms with E-state index in [4.69, 9.17) is 16.7 Å². The minimum absolute atomic E-state index is 0.260. The summed E-state index contributed by atoms with van der Waals surface area (Å²) in [5.74, 6) is -1.73. The molecule has 0 aliphatic carbocycles. The molecule has 8 heteroatoms. The maximum Gasteiger partial charge on any atom is 0.322 e. The zero-order valence-electron chi connectivity index (χ0n) is 11.4. The summed E-state index contributed by atoms with van der Waals surface area (Å²) in [4.78, 5) is 33.0. The third kappa shape index (κ3) is 6.62. The van der Waals surface area contributed by atoms with E-state index in [1.54, 1.807) is 31.2 Å². The van der Waals surface area contributed by atoms with Crippen LogP contribution in [0.1, 0.15) is 18.5 Å². The zero-order chi connectivity index (χ0) is 15.8. The molecule has 0 heterocycles. The lowest BCUT2D eigenvalue weighted by molar-refractivity contribution is -0.137. The molecule has 1 rings (SSSR count). The minimum atomic E-state index is -1.15. The van der Waals surface area contributed by atoms with Gasteiger partial charge in [0, 0.05) is 5.02 Å². The van der Waals surface area contributed by atoms with E-state index >= 15 is 0 Å². The number of carbonyl (C=O) groups excluding carboxylic acids is 2. The summed E-state index contributed by atoms with van der Waals surface area (Å²) in [5.41, 5.74) is 0.866. The van der Waals surface area contributed by atoms with Crippen LogP contribution in [0.4, 0.5) is 4.79 Å². The molecule has 21 heavy (non-hydrogen) atoms. The molecule has 3 amide bonds. The van der Waals surface area contributed by atoms with E-state index in [9.17, 15) is 14.4 Å². The van der Waals surface area contributed by atoms with Crippen molar-refractivity contribution < 1.29 is 19.5 Å². The van der Waals surface area contributed by atoms with Gasteiger partial charge in [-0.25, -0.2) is 4.79 Å². The monoisotopic (exact) mass is 313 g/mol. The Hall–Kier alpha value is -2.28. The van der Waals surface area contributed by atoms with E-state index in [-0.39, 0.29) is 12.6 Å². The van der Waals surface area contributed by atoms with Crippen LogP contribution in [-0.2, 0) is 9.59 Å². The number of benzene rings is 1. The Morgan fingerprint density at radius 1 is 1.14 bits per heavy atom. The largest absolute Gasteiger partial charge is 0.480 e. The van der Waals surface area contributed by atoms with Crippen LogP contribution in [-0.4, -0.2) is 36.1 Å². The molecule has 0 aliphatic heterocycles. The van der Waals surface area contributed by atoms with Gasteiger partial charge in [-0.1, -0.05) is 23.7 Å². The van der Waals surface area contributed by atoms with E-state index < -0.39 is 24.5 Å². The predicted octanol–water partition coefficient (Wildman–Crippen LogP) is 0.901. The van der Waals surface area contributed by atoms with Gasteiger partial charge in [-0.3, -0.25) is 9.59 Å². The highest BCUT2D eigenvalue weighted by Gasteiger charge is 2.10. The molecule has 1 atom stereocenters. The Morgan fingerprint density at radius 3 is 2.33 bits per heavy atom. The maximum absolute atomic E-state index is 11.6. The first-order valence-electron chi connectivity index (χ1n) is 6.17. The summed E-state index contributed by atoms with van der Waals surface area (Å²) >= 11 is 5.77. The zero-order valence-corrected chi connectivity index (χ0v) is 12.1. The van der Waals surface area contributed by atoms with E-state index in [0.717, 1.165) is 5.56 Å². The number of rotatable bonds is 6. The van der Waals surface area contributed by atoms with Gasteiger partial charge in [0.05, 0.1) is 12.6 Å². The van der Waals surface area contributed by atoms with Crippen molar-refractivity contribution in [3.05, 3.63) is 34.9 Å². The molecule has 0 aliphatic rings. The second-order valence-electron chi connectivity index (χ2n) is 4.27. The summed E-state index contributed by atoms with van der Waals surface area (Å²) < 4.78 is 0. The third-order valence-electron chi connectivity index (χ3n) is 2.56. The molecule has 114 valence electrons. The molecular formula is C13H16ClN3O4. The SMILES string of the molecule is CC(NC(=O)NCC(=O)NCC(=O)O)c1ccc(Cl)cc1. The fourth-order valence-electron chi connectivity index (χ4n) is 1.48. The Bertz CT molecular complexity index is 519. The second kappa shape index (κ2) is 8.11. The molecule has 0 saturated carbocycles. The first-order valence-corrected chi connectivity index (χ1v) is 6.54. The van der Waals surface area contributed by atoms with Gasteiger partial charge in [0.25, 0.3) is 0 Å². The van der Waals surface area contributed by atoms with Crippen molar-refractivity contribution in [2.45, 2.75) is 13.0 Å². The summed E-state index contributed by atoms with van der Waals surface area (Å²) in [7, 11) is 0. The highest BCUT2D eigenvalue weighted by atomic mass is 35.5. The molecule has 1 aromatic carbocycles. The number of halogens is 1. The van der Waals surface area contributed by atoms with Crippen LogP contribution in [0.25, 0.3) is 0 Å². The summed E-state index contributed by atoms with van der Waals surface area (Å²) in [6.45, 7) is 1.00. The van der Waals surface area contributed by atoms with Gasteiger partial charge in [-0.2, -0.15) is 0 Å². The lowest BCUT2D eigenvalue weighted by Gasteiger charge is -2.15. The van der Waals surface area contributed by atoms with Crippen LogP contribution in [0.15, 0.2) is 24.3 Å². The summed E-state index contributed by atoms with van der Waals surface area (Å²) in [5, 5.41) is 16.1. The van der Waals surface area contributed by atoms with Crippen molar-refractivity contribution in [2.24, 2.45) is 0 Å². The van der Waals surface area contributed by atoms with Gasteiger partial charge < -0.3 is 21.1 Å². The van der Waals surface area contributed by atoms with Crippen molar-refractivity contribution in [1.82, 2.24) is 16.0 Å². The van der Waals surface area contributed by atoms with Gasteiger partial charge in [-0.15, -0.1) is 0 Å². The van der Waals surface area contributed by atoms with Gasteiger partial charge in [-0.05, 0) is 24.6 Å². The molecule has 0 fully saturated rings. The van der Waals surface area contributed by atoms with Crippen molar-refractivity contribution >= 4 is 29.5 Å². The topological polar surface area (TPSA) is 108 Å². The summed E-state index contributed by atoms with van der Waals surface area (Å²) in [6, 6.07) is 6.21. The number of hydrogen-bond acceptors (Lipinski definition) is 3. The number of carboxylic acids is 1. The van der Waals surface area contributed by atoms with Crippen molar-refractivity contribution in [1.29, 1.82) is 0 Å². The molecular weight excluding hydrogens is 298 g/mol. The lowest BCUT2D eigenvalue weighted by atomic mass is 10.1. The molecule has 0 spiro atoms. The molecule has 7 nitrogen and oxygen atoms in total. The van der Waals surface area contributed by atoms with Crippen LogP contribution < -0.4 is 16.0 Å². The van der Waals surface area contributed by atoms with Gasteiger partial charge in [0.15, 0.2) is 0 Å². The first-order chi connectivity index (χ1) is 9.88. The standard InChI is InChI=1S/C13H16ClN3O4/c1-8(9-2-4-10(14)5-3-9)17-13(21)16-6-11(18)15-7-12(19)20/h2-5,8H,6-7H2,1H3,(H,15,18)(H,19,20)(H2,16,17,21). The Labute approximate surface area is 126 Å². The molecule has 0 aromatic heterocycles. The highest BCUT2D eigenvalue weighted by Crippen LogP contribution is 2.15. The number of nitrogens with one attached hydrogen (secondary N) is 3. The molecule has 0 radical (unpaired) electrons. The number of hydrogen-bond donors (Lipinski definition) is 4. The van der Waals surface area contributed by atoms with Crippen molar-refractivity contribution in [3.63, 3.8) is 0 Å². The highest BCUT2D eigenvalue weighted by molar-refractivity contribution is 6.30. The van der Waals surface area contributed by atoms with Crippen LogP contribution >= 0.6 is 11.6 Å².